The molecule has 0 bridgehead atoms. The molecule has 2 rings (SSSR count). The van der Waals surface area contributed by atoms with Gasteiger partial charge in [-0.25, -0.2) is 0 Å². The lowest BCUT2D eigenvalue weighted by Crippen LogP contribution is -2.42. The Morgan fingerprint density at radius 3 is 2.60 bits per heavy atom. The molecule has 1 aliphatic heterocycles. The van der Waals surface area contributed by atoms with Crippen molar-refractivity contribution in [3.05, 3.63) is 23.8 Å². The lowest BCUT2D eigenvalue weighted by molar-refractivity contribution is 0.137. The van der Waals surface area contributed by atoms with Crippen LogP contribution in [0.25, 0.3) is 0 Å². The third kappa shape index (κ3) is 3.09. The summed E-state index contributed by atoms with van der Waals surface area (Å²) < 4.78 is 17.1. The van der Waals surface area contributed by atoms with Crippen molar-refractivity contribution in [1.82, 2.24) is 0 Å². The SMILES string of the molecule is CC(C#N)(O[Si](C)(C)CCl)c1ccc2c(c1)OCCO2. The van der Waals surface area contributed by atoms with E-state index in [0.717, 1.165) is 5.56 Å². The zero-order valence-electron chi connectivity index (χ0n) is 11.9. The fourth-order valence-electron chi connectivity index (χ4n) is 2.07. The first-order chi connectivity index (χ1) is 9.40. The zero-order valence-corrected chi connectivity index (χ0v) is 13.7. The maximum atomic E-state index is 9.53. The second kappa shape index (κ2) is 5.64. The number of benzene rings is 1. The van der Waals surface area contributed by atoms with Crippen molar-refractivity contribution in [2.75, 3.05) is 18.7 Å². The van der Waals surface area contributed by atoms with E-state index < -0.39 is 13.9 Å². The van der Waals surface area contributed by atoms with Gasteiger partial charge in [0, 0.05) is 11.1 Å². The minimum atomic E-state index is -2.08. The molecule has 1 heterocycles. The molecule has 0 saturated heterocycles. The van der Waals surface area contributed by atoms with E-state index in [0.29, 0.717) is 30.2 Å². The molecule has 0 N–H and O–H groups in total. The van der Waals surface area contributed by atoms with E-state index in [1.807, 2.05) is 31.3 Å². The third-order valence-corrected chi connectivity index (χ3v) is 6.64. The maximum Gasteiger partial charge on any atom is 0.203 e. The lowest BCUT2D eigenvalue weighted by Gasteiger charge is -2.32. The van der Waals surface area contributed by atoms with Crippen LogP contribution >= 0.6 is 11.6 Å². The molecular weight excluding hydrogens is 294 g/mol. The van der Waals surface area contributed by atoms with Crippen LogP contribution in [0, 0.1) is 11.3 Å². The summed E-state index contributed by atoms with van der Waals surface area (Å²) in [5, 5.41) is 9.53. The molecule has 4 nitrogen and oxygen atoms in total. The van der Waals surface area contributed by atoms with Gasteiger partial charge in [0.05, 0.1) is 0 Å². The van der Waals surface area contributed by atoms with Crippen molar-refractivity contribution >= 4 is 19.9 Å². The Hall–Kier alpha value is -1.22. The largest absolute Gasteiger partial charge is 0.486 e. The van der Waals surface area contributed by atoms with Crippen molar-refractivity contribution in [2.24, 2.45) is 0 Å². The van der Waals surface area contributed by atoms with Crippen LogP contribution in [0.1, 0.15) is 12.5 Å². The average molecular weight is 312 g/mol. The highest BCUT2D eigenvalue weighted by Gasteiger charge is 2.36. The minimum absolute atomic E-state index is 0.439. The summed E-state index contributed by atoms with van der Waals surface area (Å²) in [4.78, 5) is 0. The number of hydrogen-bond acceptors (Lipinski definition) is 4. The van der Waals surface area contributed by atoms with Crippen LogP contribution in [0.15, 0.2) is 18.2 Å². The molecule has 1 aromatic rings. The van der Waals surface area contributed by atoms with Gasteiger partial charge in [-0.15, -0.1) is 11.6 Å². The first-order valence-corrected chi connectivity index (χ1v) is 10.1. The van der Waals surface area contributed by atoms with E-state index in [-0.39, 0.29) is 0 Å². The molecule has 1 aromatic carbocycles. The van der Waals surface area contributed by atoms with Crippen LogP contribution in [0.5, 0.6) is 11.5 Å². The first kappa shape index (κ1) is 15.2. The van der Waals surface area contributed by atoms with Gasteiger partial charge >= 0.3 is 0 Å². The molecular formula is C14H18ClNO3Si. The van der Waals surface area contributed by atoms with Gasteiger partial charge in [0.1, 0.15) is 19.3 Å². The van der Waals surface area contributed by atoms with Crippen molar-refractivity contribution in [3.8, 4) is 17.6 Å². The van der Waals surface area contributed by atoms with Gasteiger partial charge in [-0.1, -0.05) is 6.07 Å². The van der Waals surface area contributed by atoms with E-state index in [4.69, 9.17) is 25.5 Å². The van der Waals surface area contributed by atoms with E-state index in [1.165, 1.54) is 0 Å². The van der Waals surface area contributed by atoms with Crippen LogP contribution in [0.3, 0.4) is 0 Å². The Balaban J connectivity index is 2.34. The van der Waals surface area contributed by atoms with Crippen LogP contribution in [-0.4, -0.2) is 27.0 Å². The van der Waals surface area contributed by atoms with E-state index >= 15 is 0 Å². The molecule has 0 aromatic heterocycles. The van der Waals surface area contributed by atoms with Gasteiger partial charge in [-0.2, -0.15) is 5.26 Å². The maximum absolute atomic E-state index is 9.53. The molecule has 0 fully saturated rings. The second-order valence-electron chi connectivity index (χ2n) is 5.50. The number of ether oxygens (including phenoxy) is 2. The number of fused-ring (bicyclic) bond motifs is 1. The van der Waals surface area contributed by atoms with E-state index in [1.54, 1.807) is 6.92 Å². The van der Waals surface area contributed by atoms with Crippen molar-refractivity contribution in [3.63, 3.8) is 0 Å². The molecule has 0 spiro atoms. The van der Waals surface area contributed by atoms with Gasteiger partial charge in [-0.3, -0.25) is 0 Å². The Bertz CT molecular complexity index is 544. The Kier molecular flexibility index (Phi) is 4.28. The summed E-state index contributed by atoms with van der Waals surface area (Å²) >= 11 is 5.94. The Morgan fingerprint density at radius 1 is 1.35 bits per heavy atom. The Morgan fingerprint density at radius 2 is 2.00 bits per heavy atom. The topological polar surface area (TPSA) is 51.5 Å². The van der Waals surface area contributed by atoms with Crippen LogP contribution in [-0.2, 0) is 10.0 Å². The molecule has 1 atom stereocenters. The summed E-state index contributed by atoms with van der Waals surface area (Å²) in [5.74, 6) is 1.36. The first-order valence-electron chi connectivity index (χ1n) is 6.48. The molecule has 0 amide bonds. The summed E-state index contributed by atoms with van der Waals surface area (Å²) in [6.07, 6.45) is 0. The number of halogens is 1. The van der Waals surface area contributed by atoms with Crippen molar-refractivity contribution in [2.45, 2.75) is 25.6 Å². The number of nitrogens with zero attached hydrogens (tertiary/aromatic N) is 1. The highest BCUT2D eigenvalue weighted by atomic mass is 35.5. The lowest BCUT2D eigenvalue weighted by atomic mass is 9.97. The Labute approximate surface area is 125 Å². The highest BCUT2D eigenvalue weighted by Crippen LogP contribution is 2.36. The second-order valence-corrected chi connectivity index (χ2v) is 10.3. The van der Waals surface area contributed by atoms with Crippen LogP contribution in [0.2, 0.25) is 13.1 Å². The summed E-state index contributed by atoms with van der Waals surface area (Å²) in [7, 11) is -2.08. The molecule has 108 valence electrons. The van der Waals surface area contributed by atoms with Gasteiger partial charge in [0.15, 0.2) is 17.1 Å². The fourth-order valence-corrected chi connectivity index (χ4v) is 3.55. The van der Waals surface area contributed by atoms with Crippen LogP contribution < -0.4 is 9.47 Å². The summed E-state index contributed by atoms with van der Waals surface area (Å²) in [6, 6.07) is 7.73. The van der Waals surface area contributed by atoms with Gasteiger partial charge < -0.3 is 13.9 Å². The molecule has 1 unspecified atom stereocenters. The average Bonchev–Trinajstić information content (AvgIpc) is 2.46. The monoisotopic (exact) mass is 311 g/mol. The summed E-state index contributed by atoms with van der Waals surface area (Å²) in [6.45, 7) is 6.81. The van der Waals surface area contributed by atoms with Gasteiger partial charge in [0.25, 0.3) is 0 Å². The predicted octanol–water partition coefficient (Wildman–Crippen LogP) is 3.20. The highest BCUT2D eigenvalue weighted by molar-refractivity contribution is 6.77. The molecule has 1 aliphatic rings. The smallest absolute Gasteiger partial charge is 0.203 e. The molecule has 0 radical (unpaired) electrons. The zero-order chi connectivity index (χ0) is 14.8. The fraction of sp³-hybridized carbons (Fsp3) is 0.500. The summed E-state index contributed by atoms with van der Waals surface area (Å²) in [5.41, 5.74) is 0.171. The van der Waals surface area contributed by atoms with E-state index in [2.05, 4.69) is 6.07 Å². The molecule has 0 saturated carbocycles. The molecule has 20 heavy (non-hydrogen) atoms. The molecule has 0 aliphatic carbocycles. The third-order valence-electron chi connectivity index (χ3n) is 3.11. The van der Waals surface area contributed by atoms with Gasteiger partial charge in [0.2, 0.25) is 8.32 Å². The predicted molar refractivity (Wildman–Crippen MR) is 79.7 cm³/mol. The number of nitriles is 1. The van der Waals surface area contributed by atoms with E-state index in [9.17, 15) is 5.26 Å². The number of rotatable bonds is 4. The number of hydrogen-bond donors (Lipinski definition) is 0. The van der Waals surface area contributed by atoms with Gasteiger partial charge in [-0.05, 0) is 32.2 Å². The minimum Gasteiger partial charge on any atom is -0.486 e. The number of alkyl halides is 1. The van der Waals surface area contributed by atoms with Crippen molar-refractivity contribution < 1.29 is 13.9 Å². The van der Waals surface area contributed by atoms with Crippen molar-refractivity contribution in [1.29, 1.82) is 5.26 Å². The molecule has 6 heteroatoms. The van der Waals surface area contributed by atoms with Crippen LogP contribution in [0.4, 0.5) is 0 Å². The standard InChI is InChI=1S/C14H18ClNO3Si/c1-14(9-16,19-20(2,3)10-15)11-4-5-12-13(8-11)18-7-6-17-12/h4-5,8H,6-7,10H2,1-3H3. The normalized spacial score (nSPS) is 17.1. The quantitative estimate of drug-likeness (QED) is 0.633.